The van der Waals surface area contributed by atoms with Crippen LogP contribution in [0.15, 0.2) is 53.4 Å². The third-order valence-corrected chi connectivity index (χ3v) is 6.18. The number of carbonyl (C=O) groups is 1. The molecule has 0 radical (unpaired) electrons. The van der Waals surface area contributed by atoms with Crippen molar-refractivity contribution in [3.63, 3.8) is 0 Å². The standard InChI is InChI=1S/C18H15NO2S2/c20-18-17-16(22-10-9-19-18)13-7-4-8-14(15(13)23-17)21-11-12-5-2-1-3-6-12/h1-8H,9-11H2,(H,19,20). The predicted molar refractivity (Wildman–Crippen MR) is 95.7 cm³/mol. The molecule has 0 atom stereocenters. The number of hydrogen-bond acceptors (Lipinski definition) is 4. The van der Waals surface area contributed by atoms with Gasteiger partial charge in [-0.25, -0.2) is 0 Å². The van der Waals surface area contributed by atoms with Gasteiger partial charge in [0.25, 0.3) is 5.91 Å². The lowest BCUT2D eigenvalue weighted by molar-refractivity contribution is 0.0959. The molecular weight excluding hydrogens is 326 g/mol. The molecule has 0 unspecified atom stereocenters. The Balaban J connectivity index is 1.71. The molecule has 0 aliphatic carbocycles. The second kappa shape index (κ2) is 6.26. The maximum Gasteiger partial charge on any atom is 0.262 e. The number of benzene rings is 2. The molecule has 0 spiro atoms. The monoisotopic (exact) mass is 341 g/mol. The summed E-state index contributed by atoms with van der Waals surface area (Å²) in [7, 11) is 0. The normalized spacial score (nSPS) is 14.2. The summed E-state index contributed by atoms with van der Waals surface area (Å²) in [5, 5.41) is 4.07. The molecule has 0 saturated carbocycles. The van der Waals surface area contributed by atoms with Crippen molar-refractivity contribution in [2.24, 2.45) is 0 Å². The van der Waals surface area contributed by atoms with Crippen LogP contribution >= 0.6 is 23.1 Å². The second-order valence-electron chi connectivity index (χ2n) is 5.27. The lowest BCUT2D eigenvalue weighted by atomic mass is 10.2. The smallest absolute Gasteiger partial charge is 0.262 e. The van der Waals surface area contributed by atoms with Crippen molar-refractivity contribution in [3.8, 4) is 5.75 Å². The first-order chi connectivity index (χ1) is 11.3. The molecule has 2 heterocycles. The Morgan fingerprint density at radius 1 is 1.09 bits per heavy atom. The quantitative estimate of drug-likeness (QED) is 0.771. The van der Waals surface area contributed by atoms with Gasteiger partial charge in [-0.1, -0.05) is 42.5 Å². The van der Waals surface area contributed by atoms with Crippen LogP contribution in [0.4, 0.5) is 0 Å². The molecule has 1 N–H and O–H groups in total. The summed E-state index contributed by atoms with van der Waals surface area (Å²) in [4.78, 5) is 14.1. The molecule has 1 aliphatic heterocycles. The molecule has 0 fully saturated rings. The third-order valence-electron chi connectivity index (χ3n) is 3.71. The lowest BCUT2D eigenvalue weighted by Crippen LogP contribution is -2.22. The Labute approximate surface area is 142 Å². The van der Waals surface area contributed by atoms with Crippen molar-refractivity contribution in [1.29, 1.82) is 0 Å². The average Bonchev–Trinajstić information content (AvgIpc) is 2.87. The first-order valence-corrected chi connectivity index (χ1v) is 9.26. The topological polar surface area (TPSA) is 38.3 Å². The fourth-order valence-electron chi connectivity index (χ4n) is 2.61. The van der Waals surface area contributed by atoms with Gasteiger partial charge in [0.05, 0.1) is 4.70 Å². The van der Waals surface area contributed by atoms with Crippen molar-refractivity contribution < 1.29 is 9.53 Å². The fraction of sp³-hybridized carbons (Fsp3) is 0.167. The summed E-state index contributed by atoms with van der Waals surface area (Å²) in [6.07, 6.45) is 0. The van der Waals surface area contributed by atoms with Gasteiger partial charge < -0.3 is 10.1 Å². The van der Waals surface area contributed by atoms with Crippen LogP contribution in [0, 0.1) is 0 Å². The number of thiophene rings is 1. The first kappa shape index (κ1) is 14.6. The molecule has 116 valence electrons. The van der Waals surface area contributed by atoms with Crippen LogP contribution in [-0.2, 0) is 6.61 Å². The Bertz CT molecular complexity index is 858. The minimum absolute atomic E-state index is 0.0280. The number of carbonyl (C=O) groups excluding carboxylic acids is 1. The van der Waals surface area contributed by atoms with Crippen molar-refractivity contribution in [2.75, 3.05) is 12.3 Å². The number of amides is 1. The molecule has 3 nitrogen and oxygen atoms in total. The largest absolute Gasteiger partial charge is 0.487 e. The fourth-order valence-corrected chi connectivity index (χ4v) is 5.01. The number of rotatable bonds is 3. The molecule has 23 heavy (non-hydrogen) atoms. The zero-order valence-corrected chi connectivity index (χ0v) is 14.0. The van der Waals surface area contributed by atoms with Crippen molar-refractivity contribution in [3.05, 3.63) is 59.0 Å². The molecule has 3 aromatic rings. The van der Waals surface area contributed by atoms with E-state index in [0.717, 1.165) is 43.5 Å². The number of ether oxygens (including phenoxy) is 1. The molecule has 5 heteroatoms. The highest BCUT2D eigenvalue weighted by Crippen LogP contribution is 2.43. The Morgan fingerprint density at radius 3 is 2.83 bits per heavy atom. The van der Waals surface area contributed by atoms with E-state index in [2.05, 4.69) is 11.4 Å². The van der Waals surface area contributed by atoms with Crippen molar-refractivity contribution in [1.82, 2.24) is 5.32 Å². The summed E-state index contributed by atoms with van der Waals surface area (Å²) in [6.45, 7) is 1.25. The van der Waals surface area contributed by atoms with E-state index in [1.165, 1.54) is 11.3 Å². The van der Waals surface area contributed by atoms with Gasteiger partial charge in [-0.05, 0) is 11.6 Å². The maximum absolute atomic E-state index is 12.2. The number of thioether (sulfide) groups is 1. The molecule has 4 rings (SSSR count). The first-order valence-electron chi connectivity index (χ1n) is 7.46. The Morgan fingerprint density at radius 2 is 1.96 bits per heavy atom. The van der Waals surface area contributed by atoms with E-state index >= 15 is 0 Å². The summed E-state index contributed by atoms with van der Waals surface area (Å²) < 4.78 is 7.07. The van der Waals surface area contributed by atoms with Gasteiger partial charge in [0, 0.05) is 22.6 Å². The van der Waals surface area contributed by atoms with Crippen LogP contribution < -0.4 is 10.1 Å². The maximum atomic E-state index is 12.2. The van der Waals surface area contributed by atoms with Crippen LogP contribution in [0.3, 0.4) is 0 Å². The lowest BCUT2D eigenvalue weighted by Gasteiger charge is -2.07. The van der Waals surface area contributed by atoms with Gasteiger partial charge in [-0.15, -0.1) is 23.1 Å². The molecule has 2 aromatic carbocycles. The van der Waals surface area contributed by atoms with Crippen molar-refractivity contribution >= 4 is 39.1 Å². The zero-order valence-electron chi connectivity index (χ0n) is 12.4. The third kappa shape index (κ3) is 2.82. The second-order valence-corrected chi connectivity index (χ2v) is 7.40. The molecular formula is C18H15NO2S2. The predicted octanol–water partition coefficient (Wildman–Crippen LogP) is 4.32. The van der Waals surface area contributed by atoms with Gasteiger partial charge >= 0.3 is 0 Å². The Kier molecular flexibility index (Phi) is 3.97. The Hall–Kier alpha value is -1.98. The minimum atomic E-state index is 0.0280. The molecule has 1 aromatic heterocycles. The van der Waals surface area contributed by atoms with E-state index < -0.39 is 0 Å². The molecule has 1 aliphatic rings. The van der Waals surface area contributed by atoms with E-state index in [-0.39, 0.29) is 5.91 Å². The molecule has 0 bridgehead atoms. The zero-order chi connectivity index (χ0) is 15.6. The average molecular weight is 341 g/mol. The van der Waals surface area contributed by atoms with E-state index in [9.17, 15) is 4.79 Å². The van der Waals surface area contributed by atoms with E-state index in [4.69, 9.17) is 4.74 Å². The highest BCUT2D eigenvalue weighted by molar-refractivity contribution is 7.99. The molecule has 1 amide bonds. The van der Waals surface area contributed by atoms with Gasteiger partial charge in [-0.3, -0.25) is 4.79 Å². The van der Waals surface area contributed by atoms with Crippen LogP contribution in [0.5, 0.6) is 5.75 Å². The number of nitrogens with one attached hydrogen (secondary N) is 1. The summed E-state index contributed by atoms with van der Waals surface area (Å²) in [5.74, 6) is 1.78. The van der Waals surface area contributed by atoms with Gasteiger partial charge in [-0.2, -0.15) is 0 Å². The van der Waals surface area contributed by atoms with Gasteiger partial charge in [0.1, 0.15) is 17.2 Å². The summed E-state index contributed by atoms with van der Waals surface area (Å²) in [5.41, 5.74) is 1.13. The summed E-state index contributed by atoms with van der Waals surface area (Å²) in [6, 6.07) is 16.2. The van der Waals surface area contributed by atoms with Crippen LogP contribution in [-0.4, -0.2) is 18.2 Å². The minimum Gasteiger partial charge on any atom is -0.487 e. The van der Waals surface area contributed by atoms with Crippen LogP contribution in [0.25, 0.3) is 10.1 Å². The number of hydrogen-bond donors (Lipinski definition) is 1. The summed E-state index contributed by atoms with van der Waals surface area (Å²) >= 11 is 3.27. The highest BCUT2D eigenvalue weighted by atomic mass is 32.2. The van der Waals surface area contributed by atoms with Crippen LogP contribution in [0.1, 0.15) is 15.2 Å². The van der Waals surface area contributed by atoms with Crippen molar-refractivity contribution in [2.45, 2.75) is 11.5 Å². The van der Waals surface area contributed by atoms with E-state index in [1.54, 1.807) is 11.8 Å². The van der Waals surface area contributed by atoms with E-state index in [0.29, 0.717) is 6.61 Å². The van der Waals surface area contributed by atoms with Gasteiger partial charge in [0.2, 0.25) is 0 Å². The van der Waals surface area contributed by atoms with E-state index in [1.807, 2.05) is 42.5 Å². The SMILES string of the molecule is O=C1NCCSc2c1sc1c(OCc3ccccc3)cccc21. The molecule has 0 saturated heterocycles. The van der Waals surface area contributed by atoms with Crippen LogP contribution in [0.2, 0.25) is 0 Å². The van der Waals surface area contributed by atoms with Gasteiger partial charge in [0.15, 0.2) is 0 Å². The highest BCUT2D eigenvalue weighted by Gasteiger charge is 2.22. The number of fused-ring (bicyclic) bond motifs is 3.